The molecule has 1 aromatic rings. The predicted octanol–water partition coefficient (Wildman–Crippen LogP) is 3.58. The zero-order valence-corrected chi connectivity index (χ0v) is 9.99. The summed E-state index contributed by atoms with van der Waals surface area (Å²) >= 11 is 11.3. The second-order valence-corrected chi connectivity index (χ2v) is 4.00. The minimum absolute atomic E-state index is 0.00932. The molecule has 0 spiro atoms. The molecule has 1 N–H and O–H groups in total. The van der Waals surface area contributed by atoms with Crippen molar-refractivity contribution in [2.45, 2.75) is 13.0 Å². The molecule has 0 aliphatic carbocycles. The molecule has 0 aromatic heterocycles. The Morgan fingerprint density at radius 2 is 1.93 bits per heavy atom. The molecule has 1 unspecified atom stereocenters. The van der Waals surface area contributed by atoms with E-state index in [0.29, 0.717) is 12.2 Å². The third-order valence-electron chi connectivity index (χ3n) is 1.98. The third-order valence-corrected chi connectivity index (χ3v) is 2.53. The van der Waals surface area contributed by atoms with E-state index >= 15 is 0 Å². The molecule has 0 radical (unpaired) electrons. The minimum atomic E-state index is -0.594. The Hall–Kier alpha value is -0.510. The molecule has 0 fully saturated rings. The summed E-state index contributed by atoms with van der Waals surface area (Å²) in [6.07, 6.45) is 0.0626. The molecule has 0 bridgehead atoms. The molecule has 1 atom stereocenters. The van der Waals surface area contributed by atoms with Gasteiger partial charge in [0.05, 0.1) is 16.1 Å². The average molecular weight is 252 g/mol. The number of ether oxygens (including phenoxy) is 1. The van der Waals surface area contributed by atoms with E-state index in [1.54, 1.807) is 7.11 Å². The Labute approximate surface area is 98.3 Å². The quantitative estimate of drug-likeness (QED) is 0.827. The predicted molar refractivity (Wildman–Crippen MR) is 61.4 cm³/mol. The maximum absolute atomic E-state index is 13.1. The lowest BCUT2D eigenvalue weighted by atomic mass is 10.3. The van der Waals surface area contributed by atoms with Crippen LogP contribution in [-0.2, 0) is 4.74 Å². The first-order valence-corrected chi connectivity index (χ1v) is 5.21. The van der Waals surface area contributed by atoms with Gasteiger partial charge in [-0.05, 0) is 19.1 Å². The van der Waals surface area contributed by atoms with Crippen molar-refractivity contribution < 1.29 is 9.13 Å². The Bertz CT molecular complexity index is 323. The van der Waals surface area contributed by atoms with E-state index in [1.165, 1.54) is 12.1 Å². The van der Waals surface area contributed by atoms with Crippen molar-refractivity contribution in [1.29, 1.82) is 0 Å². The summed E-state index contributed by atoms with van der Waals surface area (Å²) in [5, 5.41) is 3.06. The fourth-order valence-electron chi connectivity index (χ4n) is 1.00. The van der Waals surface area contributed by atoms with Crippen LogP contribution in [0.4, 0.5) is 10.1 Å². The summed E-state index contributed by atoms with van der Waals surface area (Å²) in [4.78, 5) is 0. The summed E-state index contributed by atoms with van der Waals surface area (Å²) in [5.41, 5.74) is 0.676. The highest BCUT2D eigenvalue weighted by atomic mass is 35.5. The second-order valence-electron chi connectivity index (χ2n) is 3.18. The van der Waals surface area contributed by atoms with Gasteiger partial charge in [0, 0.05) is 19.3 Å². The molecule has 15 heavy (non-hydrogen) atoms. The van der Waals surface area contributed by atoms with Gasteiger partial charge in [-0.25, -0.2) is 4.39 Å². The number of halogens is 3. The molecule has 0 aliphatic rings. The van der Waals surface area contributed by atoms with E-state index in [9.17, 15) is 4.39 Å². The highest BCUT2D eigenvalue weighted by molar-refractivity contribution is 6.35. The summed E-state index contributed by atoms with van der Waals surface area (Å²) < 4.78 is 18.1. The Morgan fingerprint density at radius 3 is 2.40 bits per heavy atom. The molecule has 5 heteroatoms. The first-order chi connectivity index (χ1) is 7.04. The van der Waals surface area contributed by atoms with Crippen molar-refractivity contribution in [1.82, 2.24) is 0 Å². The van der Waals surface area contributed by atoms with Gasteiger partial charge in [-0.15, -0.1) is 0 Å². The molecule has 1 rings (SSSR count). The third kappa shape index (κ3) is 3.52. The average Bonchev–Trinajstić information content (AvgIpc) is 2.22. The van der Waals surface area contributed by atoms with Crippen LogP contribution in [0.2, 0.25) is 10.0 Å². The fourth-order valence-corrected chi connectivity index (χ4v) is 1.49. The van der Waals surface area contributed by atoms with E-state index in [2.05, 4.69) is 5.32 Å². The lowest BCUT2D eigenvalue weighted by molar-refractivity contribution is 0.129. The van der Waals surface area contributed by atoms with E-state index in [1.807, 2.05) is 6.92 Å². The van der Waals surface area contributed by atoms with Gasteiger partial charge in [0.15, 0.2) is 5.82 Å². The highest BCUT2D eigenvalue weighted by Crippen LogP contribution is 2.27. The second kappa shape index (κ2) is 5.54. The first kappa shape index (κ1) is 12.6. The number of nitrogens with one attached hydrogen (secondary N) is 1. The van der Waals surface area contributed by atoms with Gasteiger partial charge >= 0.3 is 0 Å². The van der Waals surface area contributed by atoms with E-state index in [0.717, 1.165) is 0 Å². The van der Waals surface area contributed by atoms with Crippen molar-refractivity contribution in [2.75, 3.05) is 19.0 Å². The normalized spacial score (nSPS) is 12.6. The van der Waals surface area contributed by atoms with Crippen LogP contribution in [0.25, 0.3) is 0 Å². The fraction of sp³-hybridized carbons (Fsp3) is 0.400. The van der Waals surface area contributed by atoms with Gasteiger partial charge < -0.3 is 10.1 Å². The van der Waals surface area contributed by atoms with Crippen LogP contribution in [-0.4, -0.2) is 19.8 Å². The van der Waals surface area contributed by atoms with E-state index in [-0.39, 0.29) is 16.1 Å². The zero-order chi connectivity index (χ0) is 11.4. The maximum Gasteiger partial charge on any atom is 0.160 e. The molecule has 0 aliphatic heterocycles. The summed E-state index contributed by atoms with van der Waals surface area (Å²) in [5.74, 6) is -0.594. The van der Waals surface area contributed by atoms with Crippen LogP contribution in [0, 0.1) is 5.82 Å². The van der Waals surface area contributed by atoms with Crippen molar-refractivity contribution in [2.24, 2.45) is 0 Å². The molecular formula is C10H12Cl2FNO. The van der Waals surface area contributed by atoms with Crippen LogP contribution in [0.15, 0.2) is 12.1 Å². The van der Waals surface area contributed by atoms with Crippen molar-refractivity contribution in [3.8, 4) is 0 Å². The Balaban J connectivity index is 2.70. The molecule has 2 nitrogen and oxygen atoms in total. The maximum atomic E-state index is 13.1. The standard InChI is InChI=1S/C10H12Cl2FNO/c1-6(15-2)5-14-7-3-8(11)10(13)9(12)4-7/h3-4,6,14H,5H2,1-2H3. The molecule has 0 saturated carbocycles. The van der Waals surface area contributed by atoms with Crippen molar-refractivity contribution >= 4 is 28.9 Å². The van der Waals surface area contributed by atoms with E-state index < -0.39 is 5.82 Å². The highest BCUT2D eigenvalue weighted by Gasteiger charge is 2.07. The lowest BCUT2D eigenvalue weighted by Crippen LogP contribution is -2.18. The molecule has 1 aromatic carbocycles. The smallest absolute Gasteiger partial charge is 0.160 e. The summed E-state index contributed by atoms with van der Waals surface area (Å²) in [7, 11) is 1.62. The van der Waals surface area contributed by atoms with Gasteiger partial charge in [0.1, 0.15) is 0 Å². The lowest BCUT2D eigenvalue weighted by Gasteiger charge is -2.12. The SMILES string of the molecule is COC(C)CNc1cc(Cl)c(F)c(Cl)c1. The van der Waals surface area contributed by atoms with Crippen LogP contribution < -0.4 is 5.32 Å². The number of hydrogen-bond donors (Lipinski definition) is 1. The Kier molecular flexibility index (Phi) is 4.64. The minimum Gasteiger partial charge on any atom is -0.382 e. The van der Waals surface area contributed by atoms with Crippen molar-refractivity contribution in [3.05, 3.63) is 28.0 Å². The van der Waals surface area contributed by atoms with Gasteiger partial charge in [-0.1, -0.05) is 23.2 Å². The molecular weight excluding hydrogens is 240 g/mol. The van der Waals surface area contributed by atoms with Crippen LogP contribution in [0.1, 0.15) is 6.92 Å². The molecule has 0 heterocycles. The molecule has 0 amide bonds. The van der Waals surface area contributed by atoms with Gasteiger partial charge in [0.25, 0.3) is 0 Å². The molecule has 0 saturated heterocycles. The monoisotopic (exact) mass is 251 g/mol. The zero-order valence-electron chi connectivity index (χ0n) is 8.48. The van der Waals surface area contributed by atoms with Crippen LogP contribution in [0.3, 0.4) is 0 Å². The largest absolute Gasteiger partial charge is 0.382 e. The summed E-state index contributed by atoms with van der Waals surface area (Å²) in [6, 6.07) is 2.98. The van der Waals surface area contributed by atoms with Crippen LogP contribution >= 0.6 is 23.2 Å². The number of methoxy groups -OCH3 is 1. The van der Waals surface area contributed by atoms with Crippen LogP contribution in [0.5, 0.6) is 0 Å². The summed E-state index contributed by atoms with van der Waals surface area (Å²) in [6.45, 7) is 2.52. The number of anilines is 1. The van der Waals surface area contributed by atoms with Gasteiger partial charge in [0.2, 0.25) is 0 Å². The van der Waals surface area contributed by atoms with Gasteiger partial charge in [-0.3, -0.25) is 0 Å². The van der Waals surface area contributed by atoms with Crippen molar-refractivity contribution in [3.63, 3.8) is 0 Å². The van der Waals surface area contributed by atoms with Gasteiger partial charge in [-0.2, -0.15) is 0 Å². The first-order valence-electron chi connectivity index (χ1n) is 4.45. The number of benzene rings is 1. The number of rotatable bonds is 4. The topological polar surface area (TPSA) is 21.3 Å². The number of hydrogen-bond acceptors (Lipinski definition) is 2. The molecule has 84 valence electrons. The van der Waals surface area contributed by atoms with E-state index in [4.69, 9.17) is 27.9 Å². The Morgan fingerprint density at radius 1 is 1.40 bits per heavy atom.